The van der Waals surface area contributed by atoms with E-state index in [0.717, 1.165) is 53.0 Å². The van der Waals surface area contributed by atoms with E-state index in [4.69, 9.17) is 20.9 Å². The maximum atomic E-state index is 6.22. The number of ether oxygens (including phenoxy) is 2. The third kappa shape index (κ3) is 2.31. The largest absolute Gasteiger partial charge is 0.486 e. The van der Waals surface area contributed by atoms with Crippen LogP contribution in [0.5, 0.6) is 11.5 Å². The summed E-state index contributed by atoms with van der Waals surface area (Å²) < 4.78 is 13.6. The normalized spacial score (nSPS) is 21.6. The monoisotopic (exact) mass is 351 g/mol. The van der Waals surface area contributed by atoms with Crippen molar-refractivity contribution in [3.05, 3.63) is 30.7 Å². The van der Waals surface area contributed by atoms with E-state index in [0.29, 0.717) is 31.0 Å². The number of fused-ring (bicyclic) bond motifs is 2. The fourth-order valence-electron chi connectivity index (χ4n) is 3.94. The summed E-state index contributed by atoms with van der Waals surface area (Å²) >= 11 is 0. The van der Waals surface area contributed by atoms with Gasteiger partial charge in [0.1, 0.15) is 31.0 Å². The van der Waals surface area contributed by atoms with Gasteiger partial charge >= 0.3 is 0 Å². The molecule has 3 aromatic rings. The Hall–Kier alpha value is -2.80. The van der Waals surface area contributed by atoms with Gasteiger partial charge in [0, 0.05) is 17.8 Å². The summed E-state index contributed by atoms with van der Waals surface area (Å²) in [5.41, 5.74) is 14.9. The van der Waals surface area contributed by atoms with Crippen LogP contribution in [-0.4, -0.2) is 34.3 Å². The minimum absolute atomic E-state index is 0.409. The van der Waals surface area contributed by atoms with Crippen molar-refractivity contribution in [2.75, 3.05) is 25.5 Å². The molecule has 134 valence electrons. The first-order valence-corrected chi connectivity index (χ1v) is 8.95. The van der Waals surface area contributed by atoms with E-state index < -0.39 is 0 Å². The molecule has 3 heterocycles. The molecule has 7 heteroatoms. The van der Waals surface area contributed by atoms with E-state index in [1.54, 1.807) is 0 Å². The summed E-state index contributed by atoms with van der Waals surface area (Å²) in [4.78, 5) is 8.72. The number of benzene rings is 1. The number of nitrogen functional groups attached to an aromatic ring is 1. The van der Waals surface area contributed by atoms with E-state index in [-0.39, 0.29) is 0 Å². The highest BCUT2D eigenvalue weighted by atomic mass is 16.6. The predicted octanol–water partition coefficient (Wildman–Crippen LogP) is 2.36. The number of hydrogen-bond donors (Lipinski definition) is 2. The Morgan fingerprint density at radius 2 is 1.92 bits per heavy atom. The summed E-state index contributed by atoms with van der Waals surface area (Å²) in [6.45, 7) is 1.88. The Balaban J connectivity index is 1.64. The average Bonchev–Trinajstić information content (AvgIpc) is 3.01. The second kappa shape index (κ2) is 5.88. The molecule has 0 amide bonds. The molecule has 26 heavy (non-hydrogen) atoms. The van der Waals surface area contributed by atoms with Crippen LogP contribution in [0.15, 0.2) is 30.7 Å². The highest BCUT2D eigenvalue weighted by Crippen LogP contribution is 2.43. The lowest BCUT2D eigenvalue weighted by atomic mass is 9.80. The third-order valence-corrected chi connectivity index (χ3v) is 5.43. The van der Waals surface area contributed by atoms with Crippen LogP contribution in [0.1, 0.15) is 18.9 Å². The van der Waals surface area contributed by atoms with E-state index >= 15 is 0 Å². The van der Waals surface area contributed by atoms with Crippen LogP contribution in [0.4, 0.5) is 5.82 Å². The molecule has 2 aromatic heterocycles. The third-order valence-electron chi connectivity index (χ3n) is 5.43. The molecular formula is C19H21N5O2. The van der Waals surface area contributed by atoms with Gasteiger partial charge in [-0.25, -0.2) is 9.97 Å². The molecule has 1 fully saturated rings. The topological polar surface area (TPSA) is 101 Å². The van der Waals surface area contributed by atoms with Crippen LogP contribution in [0, 0.1) is 5.92 Å². The van der Waals surface area contributed by atoms with Gasteiger partial charge in [0.15, 0.2) is 11.5 Å². The number of nitrogens with two attached hydrogens (primary N) is 2. The molecule has 0 unspecified atom stereocenters. The molecular weight excluding hydrogens is 330 g/mol. The summed E-state index contributed by atoms with van der Waals surface area (Å²) in [5, 5.41) is 0.889. The number of aromatic nitrogens is 3. The molecule has 1 saturated carbocycles. The molecule has 7 nitrogen and oxygen atoms in total. The first-order valence-electron chi connectivity index (χ1n) is 8.95. The molecule has 1 aliphatic heterocycles. The molecule has 5 rings (SSSR count). The number of nitrogens with zero attached hydrogens (tertiary/aromatic N) is 3. The van der Waals surface area contributed by atoms with E-state index in [1.165, 1.54) is 6.33 Å². The van der Waals surface area contributed by atoms with Crippen LogP contribution < -0.4 is 20.9 Å². The number of anilines is 1. The van der Waals surface area contributed by atoms with Gasteiger partial charge in [0.25, 0.3) is 0 Å². The van der Waals surface area contributed by atoms with Gasteiger partial charge < -0.3 is 25.5 Å². The van der Waals surface area contributed by atoms with E-state index in [9.17, 15) is 0 Å². The van der Waals surface area contributed by atoms with Crippen molar-refractivity contribution in [2.45, 2.75) is 18.9 Å². The minimum Gasteiger partial charge on any atom is -0.486 e. The van der Waals surface area contributed by atoms with Gasteiger partial charge in [-0.05, 0) is 43.0 Å². The summed E-state index contributed by atoms with van der Waals surface area (Å²) in [5.74, 6) is 2.62. The van der Waals surface area contributed by atoms with Gasteiger partial charge in [-0.2, -0.15) is 0 Å². The lowest BCUT2D eigenvalue weighted by Crippen LogP contribution is -2.31. The Morgan fingerprint density at radius 1 is 1.12 bits per heavy atom. The second-order valence-electron chi connectivity index (χ2n) is 6.99. The zero-order valence-corrected chi connectivity index (χ0v) is 14.4. The number of hydrogen-bond acceptors (Lipinski definition) is 6. The van der Waals surface area contributed by atoms with Crippen LogP contribution in [-0.2, 0) is 0 Å². The van der Waals surface area contributed by atoms with Gasteiger partial charge in [-0.15, -0.1) is 0 Å². The first-order chi connectivity index (χ1) is 12.7. The van der Waals surface area contributed by atoms with Gasteiger partial charge in [0.05, 0.1) is 5.39 Å². The summed E-state index contributed by atoms with van der Waals surface area (Å²) in [6.07, 6.45) is 5.81. The van der Waals surface area contributed by atoms with Crippen molar-refractivity contribution in [1.82, 2.24) is 14.5 Å². The Labute approximate surface area is 150 Å². The predicted molar refractivity (Wildman–Crippen MR) is 99.2 cm³/mol. The quantitative estimate of drug-likeness (QED) is 0.751. The van der Waals surface area contributed by atoms with E-state index in [1.807, 2.05) is 18.2 Å². The lowest BCUT2D eigenvalue weighted by Gasteiger charge is -2.35. The molecule has 0 spiro atoms. The number of rotatable bonds is 3. The summed E-state index contributed by atoms with van der Waals surface area (Å²) in [7, 11) is 0. The van der Waals surface area contributed by atoms with Crippen molar-refractivity contribution in [2.24, 2.45) is 11.7 Å². The Morgan fingerprint density at radius 3 is 2.73 bits per heavy atom. The fraction of sp³-hybridized carbons (Fsp3) is 0.368. The average molecular weight is 351 g/mol. The molecule has 0 atom stereocenters. The molecule has 0 saturated heterocycles. The second-order valence-corrected chi connectivity index (χ2v) is 6.99. The lowest BCUT2D eigenvalue weighted by molar-refractivity contribution is 0.171. The maximum Gasteiger partial charge on any atom is 0.161 e. The fourth-order valence-corrected chi connectivity index (χ4v) is 3.94. The minimum atomic E-state index is 0.409. The van der Waals surface area contributed by atoms with Crippen molar-refractivity contribution in [1.29, 1.82) is 0 Å². The van der Waals surface area contributed by atoms with Gasteiger partial charge in [-0.3, -0.25) is 0 Å². The van der Waals surface area contributed by atoms with Gasteiger partial charge in [-0.1, -0.05) is 6.07 Å². The first kappa shape index (κ1) is 15.5. The molecule has 0 radical (unpaired) electrons. The van der Waals surface area contributed by atoms with Crippen LogP contribution in [0.3, 0.4) is 0 Å². The van der Waals surface area contributed by atoms with E-state index in [2.05, 4.69) is 20.7 Å². The highest BCUT2D eigenvalue weighted by Gasteiger charge is 2.31. The smallest absolute Gasteiger partial charge is 0.161 e. The van der Waals surface area contributed by atoms with Crippen molar-refractivity contribution in [3.8, 4) is 22.6 Å². The molecule has 2 aliphatic rings. The molecule has 0 bridgehead atoms. The van der Waals surface area contributed by atoms with Crippen LogP contribution >= 0.6 is 0 Å². The molecule has 1 aromatic carbocycles. The summed E-state index contributed by atoms with van der Waals surface area (Å²) in [6, 6.07) is 6.39. The van der Waals surface area contributed by atoms with Gasteiger partial charge in [0.2, 0.25) is 0 Å². The SMILES string of the molecule is NCC1CC(n2cc(-c3ccc4c(c3)OCCO4)c3c(N)ncnc32)C1. The standard InChI is InChI=1S/C19H21N5O2/c20-8-11-5-13(6-11)24-9-14(17-18(21)22-10-23-19(17)24)12-1-2-15-16(7-12)26-4-3-25-15/h1-2,7,9-11,13H,3-6,8,20H2,(H2,21,22,23). The highest BCUT2D eigenvalue weighted by molar-refractivity contribution is 6.01. The molecule has 4 N–H and O–H groups in total. The maximum absolute atomic E-state index is 6.22. The zero-order chi connectivity index (χ0) is 17.7. The van der Waals surface area contributed by atoms with Crippen molar-refractivity contribution < 1.29 is 9.47 Å². The Bertz CT molecular complexity index is 977. The molecule has 1 aliphatic carbocycles. The van der Waals surface area contributed by atoms with Crippen molar-refractivity contribution >= 4 is 16.9 Å². The van der Waals surface area contributed by atoms with Crippen LogP contribution in [0.25, 0.3) is 22.2 Å². The zero-order valence-electron chi connectivity index (χ0n) is 14.4. The van der Waals surface area contributed by atoms with Crippen LogP contribution in [0.2, 0.25) is 0 Å². The van der Waals surface area contributed by atoms with Crippen molar-refractivity contribution in [3.63, 3.8) is 0 Å². The Kier molecular flexibility index (Phi) is 3.49.